The Morgan fingerprint density at radius 3 is 1.30 bits per heavy atom. The Hall–Kier alpha value is -2.78. The molecule has 0 aliphatic carbocycles. The highest BCUT2D eigenvalue weighted by molar-refractivity contribution is 6.06. The van der Waals surface area contributed by atoms with Crippen LogP contribution in [0.2, 0.25) is 0 Å². The first-order valence-corrected chi connectivity index (χ1v) is 12.8. The van der Waals surface area contributed by atoms with Crippen LogP contribution < -0.4 is 9.47 Å². The molecule has 0 amide bonds. The van der Waals surface area contributed by atoms with Crippen molar-refractivity contribution in [2.75, 3.05) is 66.8 Å². The highest BCUT2D eigenvalue weighted by Crippen LogP contribution is 2.37. The van der Waals surface area contributed by atoms with Crippen molar-refractivity contribution in [1.29, 1.82) is 0 Å². The van der Waals surface area contributed by atoms with Crippen LogP contribution in [0.4, 0.5) is 0 Å². The zero-order valence-corrected chi connectivity index (χ0v) is 22.3. The molecule has 2 unspecified atom stereocenters. The van der Waals surface area contributed by atoms with Crippen molar-refractivity contribution in [1.82, 2.24) is 9.80 Å². The molecule has 0 radical (unpaired) electrons. The van der Waals surface area contributed by atoms with Gasteiger partial charge in [-0.1, -0.05) is 0 Å². The molecule has 200 valence electrons. The van der Waals surface area contributed by atoms with Gasteiger partial charge in [0.05, 0.1) is 51.7 Å². The molecule has 0 bridgehead atoms. The number of carbonyl (C=O) groups is 2. The van der Waals surface area contributed by atoms with Gasteiger partial charge in [0.25, 0.3) is 0 Å². The number of hydrogen-bond acceptors (Lipinski definition) is 8. The maximum Gasteiger partial charge on any atom is 0.182 e. The number of hydrogen-bond donors (Lipinski definition) is 0. The summed E-state index contributed by atoms with van der Waals surface area (Å²) in [5.41, 5.74) is -0.687. The summed E-state index contributed by atoms with van der Waals surface area (Å²) in [5.74, 6) is 1.35. The Bertz CT molecular complexity index is 975. The van der Waals surface area contributed by atoms with Gasteiger partial charge in [-0.3, -0.25) is 19.4 Å². The highest BCUT2D eigenvalue weighted by Gasteiger charge is 2.51. The van der Waals surface area contributed by atoms with Crippen molar-refractivity contribution in [3.05, 3.63) is 59.7 Å². The Labute approximate surface area is 219 Å². The standard InChI is InChI=1S/C29H38N2O6/c1-28(30-13-17-36-18-14-30,26(32)22-5-9-24(34-3)10-6-22)21-29(2,31-15-19-37-20-16-31)27(33)23-7-11-25(35-4)12-8-23/h5-12H,13-21H2,1-4H3. The zero-order chi connectivity index (χ0) is 26.5. The molecule has 2 aromatic carbocycles. The molecular formula is C29H38N2O6. The third-order valence-electron chi connectivity index (χ3n) is 7.79. The number of carbonyl (C=O) groups excluding carboxylic acids is 2. The number of nitrogens with zero attached hydrogens (tertiary/aromatic N) is 2. The number of rotatable bonds is 10. The molecule has 0 aromatic heterocycles. The van der Waals surface area contributed by atoms with Crippen LogP contribution in [-0.4, -0.2) is 99.3 Å². The number of ether oxygens (including phenoxy) is 4. The van der Waals surface area contributed by atoms with Crippen LogP contribution in [0.1, 0.15) is 41.0 Å². The van der Waals surface area contributed by atoms with Crippen LogP contribution >= 0.6 is 0 Å². The summed E-state index contributed by atoms with van der Waals surface area (Å²) in [5, 5.41) is 0. The van der Waals surface area contributed by atoms with Gasteiger partial charge in [-0.05, 0) is 68.8 Å². The lowest BCUT2D eigenvalue weighted by Gasteiger charge is -2.50. The van der Waals surface area contributed by atoms with E-state index in [1.165, 1.54) is 0 Å². The minimum Gasteiger partial charge on any atom is -0.497 e. The molecule has 0 saturated carbocycles. The quantitative estimate of drug-likeness (QED) is 0.451. The first kappa shape index (κ1) is 27.3. The number of benzene rings is 2. The Morgan fingerprint density at radius 2 is 1.00 bits per heavy atom. The molecule has 2 aliphatic rings. The lowest BCUT2D eigenvalue weighted by atomic mass is 9.74. The number of methoxy groups -OCH3 is 2. The molecule has 0 N–H and O–H groups in total. The molecule has 8 heteroatoms. The molecule has 2 saturated heterocycles. The molecular weight excluding hydrogens is 472 g/mol. The lowest BCUT2D eigenvalue weighted by molar-refractivity contribution is -0.0465. The number of ketones is 2. The summed E-state index contributed by atoms with van der Waals surface area (Å²) in [6.45, 7) is 8.62. The summed E-state index contributed by atoms with van der Waals surface area (Å²) < 4.78 is 21.8. The minimum atomic E-state index is -0.937. The van der Waals surface area contributed by atoms with E-state index >= 15 is 0 Å². The smallest absolute Gasteiger partial charge is 0.182 e. The maximum absolute atomic E-state index is 14.3. The summed E-state index contributed by atoms with van der Waals surface area (Å²) in [4.78, 5) is 32.9. The largest absolute Gasteiger partial charge is 0.497 e. The second-order valence-electron chi connectivity index (χ2n) is 10.0. The van der Waals surface area contributed by atoms with Gasteiger partial charge in [-0.2, -0.15) is 0 Å². The van der Waals surface area contributed by atoms with Crippen molar-refractivity contribution in [3.63, 3.8) is 0 Å². The SMILES string of the molecule is COc1ccc(C(=O)C(C)(CC(C)(C(=O)c2ccc(OC)cc2)N2CCOCC2)N2CCOCC2)cc1. The Balaban J connectivity index is 1.75. The van der Waals surface area contributed by atoms with Crippen molar-refractivity contribution >= 4 is 11.6 Å². The fourth-order valence-electron chi connectivity index (χ4n) is 5.56. The van der Waals surface area contributed by atoms with Gasteiger partial charge in [0.15, 0.2) is 11.6 Å². The topological polar surface area (TPSA) is 77.5 Å². The summed E-state index contributed by atoms with van der Waals surface area (Å²) in [6, 6.07) is 14.4. The van der Waals surface area contributed by atoms with E-state index in [2.05, 4.69) is 9.80 Å². The number of morpholine rings is 2. The van der Waals surface area contributed by atoms with E-state index in [1.54, 1.807) is 62.8 Å². The van der Waals surface area contributed by atoms with E-state index < -0.39 is 11.1 Å². The summed E-state index contributed by atoms with van der Waals surface area (Å²) >= 11 is 0. The van der Waals surface area contributed by atoms with E-state index in [0.717, 1.165) is 0 Å². The van der Waals surface area contributed by atoms with E-state index in [0.29, 0.717) is 81.7 Å². The molecule has 2 fully saturated rings. The van der Waals surface area contributed by atoms with Crippen molar-refractivity contribution in [2.45, 2.75) is 31.3 Å². The van der Waals surface area contributed by atoms with Crippen LogP contribution in [0, 0.1) is 0 Å². The highest BCUT2D eigenvalue weighted by atomic mass is 16.5. The molecule has 2 atom stereocenters. The molecule has 37 heavy (non-hydrogen) atoms. The zero-order valence-electron chi connectivity index (χ0n) is 22.3. The number of Topliss-reactive ketones (excluding diaryl/α,β-unsaturated/α-hetero) is 2. The second-order valence-corrected chi connectivity index (χ2v) is 10.0. The Morgan fingerprint density at radius 1 is 0.676 bits per heavy atom. The first-order chi connectivity index (χ1) is 17.8. The van der Waals surface area contributed by atoms with Crippen LogP contribution in [0.15, 0.2) is 48.5 Å². The average Bonchev–Trinajstić information content (AvgIpc) is 2.97. The Kier molecular flexibility index (Phi) is 8.64. The fraction of sp³-hybridized carbons (Fsp3) is 0.517. The van der Waals surface area contributed by atoms with Gasteiger partial charge < -0.3 is 18.9 Å². The summed E-state index contributed by atoms with van der Waals surface area (Å²) in [7, 11) is 3.21. The van der Waals surface area contributed by atoms with Gasteiger partial charge in [0, 0.05) is 37.3 Å². The van der Waals surface area contributed by atoms with Crippen LogP contribution in [0.25, 0.3) is 0 Å². The molecule has 4 rings (SSSR count). The van der Waals surface area contributed by atoms with Crippen molar-refractivity contribution < 1.29 is 28.5 Å². The maximum atomic E-state index is 14.3. The van der Waals surface area contributed by atoms with Gasteiger partial charge in [-0.15, -0.1) is 0 Å². The van der Waals surface area contributed by atoms with E-state index in [1.807, 2.05) is 13.8 Å². The minimum absolute atomic E-state index is 0.0148. The monoisotopic (exact) mass is 510 g/mol. The predicted molar refractivity (Wildman–Crippen MR) is 141 cm³/mol. The van der Waals surface area contributed by atoms with Gasteiger partial charge in [0.2, 0.25) is 0 Å². The van der Waals surface area contributed by atoms with Gasteiger partial charge in [0.1, 0.15) is 11.5 Å². The molecule has 2 aromatic rings. The lowest BCUT2D eigenvalue weighted by Crippen LogP contribution is -2.65. The van der Waals surface area contributed by atoms with Crippen LogP contribution in [-0.2, 0) is 9.47 Å². The van der Waals surface area contributed by atoms with Crippen molar-refractivity contribution in [2.24, 2.45) is 0 Å². The predicted octanol–water partition coefficient (Wildman–Crippen LogP) is 3.34. The van der Waals surface area contributed by atoms with E-state index in [4.69, 9.17) is 18.9 Å². The van der Waals surface area contributed by atoms with E-state index in [9.17, 15) is 9.59 Å². The molecule has 8 nitrogen and oxygen atoms in total. The molecule has 2 aliphatic heterocycles. The summed E-state index contributed by atoms with van der Waals surface area (Å²) in [6.07, 6.45) is 0.329. The third kappa shape index (κ3) is 5.72. The van der Waals surface area contributed by atoms with Crippen molar-refractivity contribution in [3.8, 4) is 11.5 Å². The molecule has 0 spiro atoms. The second kappa shape index (κ2) is 11.7. The normalized spacial score (nSPS) is 20.4. The fourth-order valence-corrected chi connectivity index (χ4v) is 5.56. The third-order valence-corrected chi connectivity index (χ3v) is 7.79. The first-order valence-electron chi connectivity index (χ1n) is 12.8. The van der Waals surface area contributed by atoms with Crippen LogP contribution in [0.3, 0.4) is 0 Å². The van der Waals surface area contributed by atoms with Gasteiger partial charge in [-0.25, -0.2) is 0 Å². The van der Waals surface area contributed by atoms with Gasteiger partial charge >= 0.3 is 0 Å². The van der Waals surface area contributed by atoms with Crippen LogP contribution in [0.5, 0.6) is 11.5 Å². The molecule has 2 heterocycles. The average molecular weight is 511 g/mol. The van der Waals surface area contributed by atoms with E-state index in [-0.39, 0.29) is 11.6 Å².